The molecule has 16 heavy (non-hydrogen) atoms. The van der Waals surface area contributed by atoms with Crippen molar-refractivity contribution < 1.29 is 14.2 Å². The maximum Gasteiger partial charge on any atom is 0.123 e. The van der Waals surface area contributed by atoms with Crippen molar-refractivity contribution in [3.8, 4) is 0 Å². The Kier molecular flexibility index (Phi) is 6.72. The van der Waals surface area contributed by atoms with E-state index in [-0.39, 0.29) is 12.4 Å². The van der Waals surface area contributed by atoms with E-state index in [0.29, 0.717) is 19.8 Å². The zero-order valence-corrected chi connectivity index (χ0v) is 9.29. The third-order valence-corrected chi connectivity index (χ3v) is 2.10. The molecule has 0 amide bonds. The highest BCUT2D eigenvalue weighted by Gasteiger charge is 1.94. The fraction of sp³-hybridized carbons (Fsp3) is 0.500. The molecule has 1 aromatic carbocycles. The van der Waals surface area contributed by atoms with E-state index in [9.17, 15) is 4.39 Å². The number of hydrogen-bond acceptors (Lipinski definition) is 3. The lowest BCUT2D eigenvalue weighted by Crippen LogP contribution is -2.16. The molecule has 0 aliphatic carbocycles. The van der Waals surface area contributed by atoms with Crippen molar-refractivity contribution in [3.63, 3.8) is 0 Å². The summed E-state index contributed by atoms with van der Waals surface area (Å²) in [7, 11) is 0. The van der Waals surface area contributed by atoms with Crippen molar-refractivity contribution in [2.24, 2.45) is 0 Å². The second-order valence-electron chi connectivity index (χ2n) is 3.50. The van der Waals surface area contributed by atoms with Crippen LogP contribution in [0.2, 0.25) is 0 Å². The van der Waals surface area contributed by atoms with E-state index in [2.05, 4.69) is 5.32 Å². The lowest BCUT2D eigenvalue weighted by molar-refractivity contribution is 0.0907. The van der Waals surface area contributed by atoms with E-state index >= 15 is 0 Å². The highest BCUT2D eigenvalue weighted by atomic mass is 19.1. The van der Waals surface area contributed by atoms with Gasteiger partial charge in [-0.05, 0) is 30.7 Å². The van der Waals surface area contributed by atoms with Crippen LogP contribution in [0.25, 0.3) is 0 Å². The lowest BCUT2D eigenvalue weighted by atomic mass is 10.2. The van der Waals surface area contributed by atoms with Crippen molar-refractivity contribution in [3.05, 3.63) is 35.6 Å². The standard InChI is InChI=1S/C12H18FNO2/c13-12-4-1-3-11(9-12)10-14-5-2-7-16-8-6-15/h1,3-4,9,14-15H,2,5-8,10H2. The number of aliphatic hydroxyl groups is 1. The number of benzene rings is 1. The van der Waals surface area contributed by atoms with Crippen molar-refractivity contribution in [2.45, 2.75) is 13.0 Å². The van der Waals surface area contributed by atoms with E-state index in [1.807, 2.05) is 6.07 Å². The molecule has 0 radical (unpaired) electrons. The van der Waals surface area contributed by atoms with Crippen LogP contribution in [0.1, 0.15) is 12.0 Å². The van der Waals surface area contributed by atoms with Crippen LogP contribution in [0, 0.1) is 5.82 Å². The Morgan fingerprint density at radius 3 is 2.94 bits per heavy atom. The van der Waals surface area contributed by atoms with Gasteiger partial charge in [0.1, 0.15) is 5.82 Å². The zero-order chi connectivity index (χ0) is 11.6. The third-order valence-electron chi connectivity index (χ3n) is 2.10. The summed E-state index contributed by atoms with van der Waals surface area (Å²) < 4.78 is 17.9. The summed E-state index contributed by atoms with van der Waals surface area (Å²) in [6.45, 7) is 2.58. The Balaban J connectivity index is 2.03. The summed E-state index contributed by atoms with van der Waals surface area (Å²) >= 11 is 0. The van der Waals surface area contributed by atoms with Crippen LogP contribution in [0.4, 0.5) is 4.39 Å². The van der Waals surface area contributed by atoms with Gasteiger partial charge in [-0.3, -0.25) is 0 Å². The smallest absolute Gasteiger partial charge is 0.123 e. The molecule has 0 saturated heterocycles. The van der Waals surface area contributed by atoms with Crippen LogP contribution in [-0.2, 0) is 11.3 Å². The van der Waals surface area contributed by atoms with Gasteiger partial charge in [0, 0.05) is 13.2 Å². The normalized spacial score (nSPS) is 10.6. The maximum absolute atomic E-state index is 12.8. The molecule has 0 saturated carbocycles. The molecule has 0 fully saturated rings. The van der Waals surface area contributed by atoms with Gasteiger partial charge in [0.15, 0.2) is 0 Å². The van der Waals surface area contributed by atoms with Crippen molar-refractivity contribution in [1.29, 1.82) is 0 Å². The molecule has 0 unspecified atom stereocenters. The Hall–Kier alpha value is -0.970. The Morgan fingerprint density at radius 2 is 2.19 bits per heavy atom. The molecule has 1 aromatic rings. The number of ether oxygens (including phenoxy) is 1. The molecule has 1 rings (SSSR count). The Labute approximate surface area is 95.2 Å². The van der Waals surface area contributed by atoms with Gasteiger partial charge in [0.2, 0.25) is 0 Å². The first kappa shape index (κ1) is 13.1. The van der Waals surface area contributed by atoms with Crippen molar-refractivity contribution in [2.75, 3.05) is 26.4 Å². The van der Waals surface area contributed by atoms with E-state index in [1.54, 1.807) is 6.07 Å². The monoisotopic (exact) mass is 227 g/mol. The van der Waals surface area contributed by atoms with E-state index in [4.69, 9.17) is 9.84 Å². The Morgan fingerprint density at radius 1 is 1.31 bits per heavy atom. The summed E-state index contributed by atoms with van der Waals surface area (Å²) in [6.07, 6.45) is 0.884. The first-order valence-electron chi connectivity index (χ1n) is 5.46. The average molecular weight is 227 g/mol. The molecular weight excluding hydrogens is 209 g/mol. The van der Waals surface area contributed by atoms with Gasteiger partial charge in [0.25, 0.3) is 0 Å². The predicted octanol–water partition coefficient (Wildman–Crippen LogP) is 1.31. The number of hydrogen-bond donors (Lipinski definition) is 2. The van der Waals surface area contributed by atoms with Gasteiger partial charge in [0.05, 0.1) is 13.2 Å². The summed E-state index contributed by atoms with van der Waals surface area (Å²) in [6, 6.07) is 6.55. The SMILES string of the molecule is OCCOCCCNCc1cccc(F)c1. The summed E-state index contributed by atoms with van der Waals surface area (Å²) in [5.74, 6) is -0.203. The summed E-state index contributed by atoms with van der Waals surface area (Å²) in [5.41, 5.74) is 0.941. The average Bonchev–Trinajstić information content (AvgIpc) is 2.28. The van der Waals surface area contributed by atoms with Crippen LogP contribution < -0.4 is 5.32 Å². The second-order valence-corrected chi connectivity index (χ2v) is 3.50. The first-order chi connectivity index (χ1) is 7.83. The molecule has 90 valence electrons. The minimum atomic E-state index is -0.203. The lowest BCUT2D eigenvalue weighted by Gasteiger charge is -2.05. The molecule has 3 nitrogen and oxygen atoms in total. The number of aliphatic hydroxyl groups excluding tert-OH is 1. The molecule has 0 atom stereocenters. The van der Waals surface area contributed by atoms with Gasteiger partial charge in [-0.25, -0.2) is 4.39 Å². The van der Waals surface area contributed by atoms with Gasteiger partial charge in [-0.15, -0.1) is 0 Å². The van der Waals surface area contributed by atoms with Crippen LogP contribution in [0.3, 0.4) is 0 Å². The minimum Gasteiger partial charge on any atom is -0.394 e. The van der Waals surface area contributed by atoms with Crippen LogP contribution in [0.5, 0.6) is 0 Å². The van der Waals surface area contributed by atoms with E-state index in [1.165, 1.54) is 12.1 Å². The highest BCUT2D eigenvalue weighted by molar-refractivity contribution is 5.15. The molecular formula is C12H18FNO2. The third kappa shape index (κ3) is 5.80. The van der Waals surface area contributed by atoms with Gasteiger partial charge in [-0.1, -0.05) is 12.1 Å². The number of rotatable bonds is 8. The van der Waals surface area contributed by atoms with E-state index in [0.717, 1.165) is 18.5 Å². The van der Waals surface area contributed by atoms with Gasteiger partial charge in [-0.2, -0.15) is 0 Å². The fourth-order valence-electron chi connectivity index (χ4n) is 1.35. The van der Waals surface area contributed by atoms with Crippen molar-refractivity contribution in [1.82, 2.24) is 5.32 Å². The summed E-state index contributed by atoms with van der Waals surface area (Å²) in [4.78, 5) is 0. The quantitative estimate of drug-likeness (QED) is 0.658. The zero-order valence-electron chi connectivity index (χ0n) is 9.29. The van der Waals surface area contributed by atoms with Crippen LogP contribution in [-0.4, -0.2) is 31.5 Å². The van der Waals surface area contributed by atoms with Crippen LogP contribution >= 0.6 is 0 Å². The fourth-order valence-corrected chi connectivity index (χ4v) is 1.35. The largest absolute Gasteiger partial charge is 0.394 e. The summed E-state index contributed by atoms with van der Waals surface area (Å²) in [5, 5.41) is 11.7. The van der Waals surface area contributed by atoms with Crippen LogP contribution in [0.15, 0.2) is 24.3 Å². The molecule has 0 spiro atoms. The molecule has 0 heterocycles. The maximum atomic E-state index is 12.8. The minimum absolute atomic E-state index is 0.0662. The first-order valence-corrected chi connectivity index (χ1v) is 5.46. The second kappa shape index (κ2) is 8.21. The van der Waals surface area contributed by atoms with Crippen molar-refractivity contribution >= 4 is 0 Å². The molecule has 0 aromatic heterocycles. The number of nitrogens with one attached hydrogen (secondary N) is 1. The predicted molar refractivity (Wildman–Crippen MR) is 60.6 cm³/mol. The van der Waals surface area contributed by atoms with Gasteiger partial charge < -0.3 is 15.2 Å². The molecule has 2 N–H and O–H groups in total. The highest BCUT2D eigenvalue weighted by Crippen LogP contribution is 2.02. The molecule has 4 heteroatoms. The molecule has 0 aliphatic heterocycles. The molecule has 0 bridgehead atoms. The number of halogens is 1. The topological polar surface area (TPSA) is 41.5 Å². The van der Waals surface area contributed by atoms with Gasteiger partial charge >= 0.3 is 0 Å². The Bertz CT molecular complexity index is 294. The molecule has 0 aliphatic rings. The van der Waals surface area contributed by atoms with E-state index < -0.39 is 0 Å².